The number of amides is 1. The molecule has 5 nitrogen and oxygen atoms in total. The van der Waals surface area contributed by atoms with Gasteiger partial charge in [0.2, 0.25) is 5.91 Å². The minimum atomic E-state index is 0.138. The van der Waals surface area contributed by atoms with Gasteiger partial charge in [-0.1, -0.05) is 42.1 Å². The first-order valence-electron chi connectivity index (χ1n) is 9.27. The highest BCUT2D eigenvalue weighted by Gasteiger charge is 2.15. The lowest BCUT2D eigenvalue weighted by Crippen LogP contribution is -2.31. The van der Waals surface area contributed by atoms with E-state index in [1.54, 1.807) is 6.33 Å². The first-order valence-corrected chi connectivity index (χ1v) is 10.3. The van der Waals surface area contributed by atoms with Crippen molar-refractivity contribution in [2.24, 2.45) is 0 Å². The monoisotopic (exact) mass is 370 g/mol. The lowest BCUT2D eigenvalue weighted by molar-refractivity contribution is -0.128. The lowest BCUT2D eigenvalue weighted by Gasteiger charge is -2.27. The summed E-state index contributed by atoms with van der Waals surface area (Å²) in [6, 6.07) is 12.1. The molecule has 1 amide bonds. The average molecular weight is 371 g/mol. The quantitative estimate of drug-likeness (QED) is 0.550. The molecule has 0 spiro atoms. The Labute approximate surface area is 159 Å². The molecule has 0 aliphatic carbocycles. The summed E-state index contributed by atoms with van der Waals surface area (Å²) in [5, 5.41) is 0.865. The van der Waals surface area contributed by atoms with E-state index in [-0.39, 0.29) is 5.91 Å². The second-order valence-electron chi connectivity index (χ2n) is 6.44. The predicted octanol–water partition coefficient (Wildman–Crippen LogP) is 3.61. The maximum atomic E-state index is 12.6. The molecule has 2 heterocycles. The molecule has 1 saturated heterocycles. The molecule has 0 bridgehead atoms. The topological polar surface area (TPSA) is 49.3 Å². The Morgan fingerprint density at radius 3 is 2.65 bits per heavy atom. The van der Waals surface area contributed by atoms with E-state index in [0.717, 1.165) is 29.5 Å². The van der Waals surface area contributed by atoms with Crippen LogP contribution in [0.15, 0.2) is 47.8 Å². The first-order chi connectivity index (χ1) is 12.8. The molecule has 0 unspecified atom stereocenters. The number of hydrogen-bond acceptors (Lipinski definition) is 5. The fourth-order valence-electron chi connectivity index (χ4n) is 3.11. The van der Waals surface area contributed by atoms with Crippen LogP contribution in [0.2, 0.25) is 0 Å². The van der Waals surface area contributed by atoms with Crippen molar-refractivity contribution in [3.8, 4) is 0 Å². The maximum Gasteiger partial charge on any atom is 0.233 e. The Hall–Kier alpha value is -2.08. The number of rotatable bonds is 7. The van der Waals surface area contributed by atoms with Gasteiger partial charge in [-0.15, -0.1) is 0 Å². The van der Waals surface area contributed by atoms with E-state index in [1.807, 2.05) is 36.1 Å². The number of piperidine rings is 1. The molecule has 0 saturated carbocycles. The van der Waals surface area contributed by atoms with Gasteiger partial charge in [0, 0.05) is 32.2 Å². The molecule has 0 N–H and O–H groups in total. The summed E-state index contributed by atoms with van der Waals surface area (Å²) < 4.78 is 0. The van der Waals surface area contributed by atoms with Gasteiger partial charge in [0.1, 0.15) is 17.2 Å². The van der Waals surface area contributed by atoms with Crippen molar-refractivity contribution in [3.05, 3.63) is 48.3 Å². The van der Waals surface area contributed by atoms with Gasteiger partial charge in [-0.3, -0.25) is 4.79 Å². The predicted molar refractivity (Wildman–Crippen MR) is 106 cm³/mol. The number of nitrogens with zero attached hydrogens (tertiary/aromatic N) is 4. The molecule has 1 aliphatic heterocycles. The van der Waals surface area contributed by atoms with Gasteiger partial charge in [-0.05, 0) is 31.7 Å². The van der Waals surface area contributed by atoms with Crippen molar-refractivity contribution in [1.29, 1.82) is 0 Å². The number of aromatic nitrogens is 2. The minimum absolute atomic E-state index is 0.138. The van der Waals surface area contributed by atoms with Gasteiger partial charge in [0.05, 0.1) is 5.75 Å². The Balaban J connectivity index is 1.56. The van der Waals surface area contributed by atoms with Crippen LogP contribution in [0.4, 0.5) is 5.82 Å². The smallest absolute Gasteiger partial charge is 0.233 e. The maximum absolute atomic E-state index is 12.6. The zero-order chi connectivity index (χ0) is 18.2. The molecule has 2 aromatic rings. The molecule has 1 fully saturated rings. The van der Waals surface area contributed by atoms with Crippen LogP contribution in [0, 0.1) is 0 Å². The summed E-state index contributed by atoms with van der Waals surface area (Å²) in [7, 11) is 0. The highest BCUT2D eigenvalue weighted by atomic mass is 32.2. The Morgan fingerprint density at radius 2 is 1.92 bits per heavy atom. The SMILES string of the molecule is CCN(Cc1ccccc1)C(=O)CSc1cc(N2CCCCC2)ncn1. The summed E-state index contributed by atoms with van der Waals surface area (Å²) in [5.41, 5.74) is 1.15. The molecular formula is C20H26N4OS. The van der Waals surface area contributed by atoms with E-state index < -0.39 is 0 Å². The van der Waals surface area contributed by atoms with E-state index in [9.17, 15) is 4.79 Å². The number of benzene rings is 1. The van der Waals surface area contributed by atoms with Crippen LogP contribution in [-0.2, 0) is 11.3 Å². The van der Waals surface area contributed by atoms with E-state index >= 15 is 0 Å². The molecule has 26 heavy (non-hydrogen) atoms. The molecule has 0 radical (unpaired) electrons. The molecule has 3 rings (SSSR count). The summed E-state index contributed by atoms with van der Waals surface area (Å²) >= 11 is 1.49. The number of thioether (sulfide) groups is 1. The van der Waals surface area contributed by atoms with Crippen molar-refractivity contribution in [1.82, 2.24) is 14.9 Å². The molecule has 1 aromatic carbocycles. The Bertz CT molecular complexity index is 704. The highest BCUT2D eigenvalue weighted by Crippen LogP contribution is 2.22. The Kier molecular flexibility index (Phi) is 6.89. The molecule has 1 aliphatic rings. The van der Waals surface area contributed by atoms with Crippen LogP contribution < -0.4 is 4.90 Å². The van der Waals surface area contributed by atoms with E-state index in [2.05, 4.69) is 27.0 Å². The van der Waals surface area contributed by atoms with Crippen LogP contribution >= 0.6 is 11.8 Å². The fraction of sp³-hybridized carbons (Fsp3) is 0.450. The van der Waals surface area contributed by atoms with E-state index in [1.165, 1.54) is 31.0 Å². The largest absolute Gasteiger partial charge is 0.356 e. The molecule has 1 aromatic heterocycles. The minimum Gasteiger partial charge on any atom is -0.356 e. The summed E-state index contributed by atoms with van der Waals surface area (Å²) in [5.74, 6) is 1.52. The number of anilines is 1. The third kappa shape index (κ3) is 5.21. The van der Waals surface area contributed by atoms with Gasteiger partial charge in [0.25, 0.3) is 0 Å². The highest BCUT2D eigenvalue weighted by molar-refractivity contribution is 7.99. The van der Waals surface area contributed by atoms with E-state index in [4.69, 9.17) is 0 Å². The van der Waals surface area contributed by atoms with Gasteiger partial charge < -0.3 is 9.80 Å². The zero-order valence-corrected chi connectivity index (χ0v) is 16.1. The standard InChI is InChI=1S/C20H26N4OS/c1-2-23(14-17-9-5-3-6-10-17)20(25)15-26-19-13-18(21-16-22-19)24-11-7-4-8-12-24/h3,5-6,9-10,13,16H,2,4,7-8,11-12,14-15H2,1H3. The van der Waals surface area contributed by atoms with Gasteiger partial charge >= 0.3 is 0 Å². The summed E-state index contributed by atoms with van der Waals surface area (Å²) in [6.45, 7) is 5.49. The van der Waals surface area contributed by atoms with Crippen LogP contribution in [0.5, 0.6) is 0 Å². The van der Waals surface area contributed by atoms with Crippen molar-refractivity contribution in [3.63, 3.8) is 0 Å². The van der Waals surface area contributed by atoms with Crippen LogP contribution in [0.3, 0.4) is 0 Å². The molecular weight excluding hydrogens is 344 g/mol. The summed E-state index contributed by atoms with van der Waals surface area (Å²) in [4.78, 5) is 25.5. The average Bonchev–Trinajstić information content (AvgIpc) is 2.72. The van der Waals surface area contributed by atoms with Crippen LogP contribution in [0.1, 0.15) is 31.7 Å². The van der Waals surface area contributed by atoms with Crippen LogP contribution in [0.25, 0.3) is 0 Å². The molecule has 0 atom stereocenters. The van der Waals surface area contributed by atoms with Gasteiger partial charge in [-0.25, -0.2) is 9.97 Å². The number of hydrogen-bond donors (Lipinski definition) is 0. The van der Waals surface area contributed by atoms with Gasteiger partial charge in [0.15, 0.2) is 0 Å². The third-order valence-electron chi connectivity index (χ3n) is 4.60. The zero-order valence-electron chi connectivity index (χ0n) is 15.3. The van der Waals surface area contributed by atoms with E-state index in [0.29, 0.717) is 18.8 Å². The van der Waals surface area contributed by atoms with Crippen molar-refractivity contribution < 1.29 is 4.79 Å². The van der Waals surface area contributed by atoms with Crippen LogP contribution in [-0.4, -0.2) is 46.2 Å². The molecule has 6 heteroatoms. The normalized spacial score (nSPS) is 14.3. The fourth-order valence-corrected chi connectivity index (χ4v) is 3.88. The number of carbonyl (C=O) groups is 1. The van der Waals surface area contributed by atoms with Gasteiger partial charge in [-0.2, -0.15) is 0 Å². The molecule has 138 valence electrons. The van der Waals surface area contributed by atoms with Crippen molar-refractivity contribution in [2.75, 3.05) is 30.3 Å². The lowest BCUT2D eigenvalue weighted by atomic mass is 10.1. The third-order valence-corrected chi connectivity index (χ3v) is 5.51. The van der Waals surface area contributed by atoms with Crippen molar-refractivity contribution in [2.45, 2.75) is 37.8 Å². The second-order valence-corrected chi connectivity index (χ2v) is 7.44. The summed E-state index contributed by atoms with van der Waals surface area (Å²) in [6.07, 6.45) is 5.34. The second kappa shape index (κ2) is 9.57. The Morgan fingerprint density at radius 1 is 1.15 bits per heavy atom. The van der Waals surface area contributed by atoms with Crippen molar-refractivity contribution >= 4 is 23.5 Å². The number of carbonyl (C=O) groups excluding carboxylic acids is 1. The first kappa shape index (κ1) is 18.7.